The van der Waals surface area contributed by atoms with E-state index >= 15 is 0 Å². The molecule has 16 heavy (non-hydrogen) atoms. The van der Waals surface area contributed by atoms with Crippen LogP contribution in [0.25, 0.3) is 0 Å². The zero-order valence-corrected chi connectivity index (χ0v) is 10.4. The summed E-state index contributed by atoms with van der Waals surface area (Å²) in [6, 6.07) is 7.10. The van der Waals surface area contributed by atoms with Crippen LogP contribution in [0.3, 0.4) is 0 Å². The third-order valence-electron chi connectivity index (χ3n) is 1.91. The van der Waals surface area contributed by atoms with Gasteiger partial charge in [-0.1, -0.05) is 17.7 Å². The summed E-state index contributed by atoms with van der Waals surface area (Å²) in [5, 5.41) is 3.37. The van der Waals surface area contributed by atoms with E-state index in [-0.39, 0.29) is 11.9 Å². The Hall–Kier alpha value is -1.22. The fourth-order valence-corrected chi connectivity index (χ4v) is 1.38. The second-order valence-corrected chi connectivity index (χ2v) is 4.32. The van der Waals surface area contributed by atoms with E-state index in [1.165, 1.54) is 0 Å². The van der Waals surface area contributed by atoms with E-state index in [9.17, 15) is 4.79 Å². The number of carbonyl (C=O) groups excluding carboxylic acids is 1. The van der Waals surface area contributed by atoms with Gasteiger partial charge in [0.25, 0.3) is 5.91 Å². The van der Waals surface area contributed by atoms with Crippen LogP contribution in [0.5, 0.6) is 5.75 Å². The smallest absolute Gasteiger partial charge is 0.260 e. The predicted octanol–water partition coefficient (Wildman–Crippen LogP) is 2.63. The van der Waals surface area contributed by atoms with E-state index in [0.717, 1.165) is 0 Å². The number of rotatable bonds is 4. The highest BCUT2D eigenvalue weighted by molar-refractivity contribution is 6.30. The lowest BCUT2D eigenvalue weighted by atomic mass is 10.3. The monoisotopic (exact) mass is 241 g/mol. The maximum Gasteiger partial charge on any atom is 0.260 e. The molecule has 1 aromatic carbocycles. The summed E-state index contributed by atoms with van der Waals surface area (Å²) in [4.78, 5) is 11.6. The number of carbonyl (C=O) groups is 1. The van der Waals surface area contributed by atoms with Crippen LogP contribution >= 0.6 is 11.6 Å². The molecule has 0 aromatic heterocycles. The minimum absolute atomic E-state index is 0.109. The van der Waals surface area contributed by atoms with Gasteiger partial charge in [0, 0.05) is 11.1 Å². The van der Waals surface area contributed by atoms with Crippen LogP contribution in [0.1, 0.15) is 20.8 Å². The zero-order valence-electron chi connectivity index (χ0n) is 9.66. The summed E-state index contributed by atoms with van der Waals surface area (Å²) >= 11 is 5.81. The molecule has 1 aromatic rings. The molecule has 4 heteroatoms. The van der Waals surface area contributed by atoms with Crippen LogP contribution in [0.15, 0.2) is 24.3 Å². The van der Waals surface area contributed by atoms with Gasteiger partial charge in [-0.3, -0.25) is 4.79 Å². The van der Waals surface area contributed by atoms with Gasteiger partial charge in [0.15, 0.2) is 6.10 Å². The van der Waals surface area contributed by atoms with Crippen LogP contribution in [-0.2, 0) is 4.79 Å². The summed E-state index contributed by atoms with van der Waals surface area (Å²) in [5.74, 6) is 0.467. The van der Waals surface area contributed by atoms with Gasteiger partial charge in [-0.2, -0.15) is 0 Å². The second-order valence-electron chi connectivity index (χ2n) is 3.88. The van der Waals surface area contributed by atoms with E-state index in [1.807, 2.05) is 13.8 Å². The highest BCUT2D eigenvalue weighted by atomic mass is 35.5. The summed E-state index contributed by atoms with van der Waals surface area (Å²) in [7, 11) is 0. The molecule has 0 saturated carbocycles. The maximum atomic E-state index is 11.6. The summed E-state index contributed by atoms with van der Waals surface area (Å²) in [5.41, 5.74) is 0. The van der Waals surface area contributed by atoms with Crippen molar-refractivity contribution in [1.82, 2.24) is 5.32 Å². The van der Waals surface area contributed by atoms with Gasteiger partial charge in [-0.15, -0.1) is 0 Å². The van der Waals surface area contributed by atoms with Crippen molar-refractivity contribution < 1.29 is 9.53 Å². The molecule has 0 saturated heterocycles. The van der Waals surface area contributed by atoms with Crippen molar-refractivity contribution in [2.24, 2.45) is 0 Å². The van der Waals surface area contributed by atoms with Crippen LogP contribution in [0, 0.1) is 0 Å². The van der Waals surface area contributed by atoms with Gasteiger partial charge in [0.2, 0.25) is 0 Å². The van der Waals surface area contributed by atoms with Crippen molar-refractivity contribution in [3.8, 4) is 5.75 Å². The first-order valence-corrected chi connectivity index (χ1v) is 5.59. The lowest BCUT2D eigenvalue weighted by Gasteiger charge is -2.16. The van der Waals surface area contributed by atoms with E-state index in [2.05, 4.69) is 5.32 Å². The number of amides is 1. The number of hydrogen-bond donors (Lipinski definition) is 1. The molecule has 0 aliphatic heterocycles. The van der Waals surface area contributed by atoms with Crippen molar-refractivity contribution in [3.05, 3.63) is 29.3 Å². The van der Waals surface area contributed by atoms with Gasteiger partial charge >= 0.3 is 0 Å². The van der Waals surface area contributed by atoms with Gasteiger partial charge in [-0.25, -0.2) is 0 Å². The molecule has 0 bridgehead atoms. The SMILES string of the molecule is CC(C)NC(=O)[C@H](C)Oc1cccc(Cl)c1. The highest BCUT2D eigenvalue weighted by Crippen LogP contribution is 2.18. The maximum absolute atomic E-state index is 11.6. The topological polar surface area (TPSA) is 38.3 Å². The van der Waals surface area contributed by atoms with Crippen LogP contribution in [0.2, 0.25) is 5.02 Å². The Bertz CT molecular complexity index is 366. The summed E-state index contributed by atoms with van der Waals surface area (Å²) < 4.78 is 5.46. The van der Waals surface area contributed by atoms with Crippen LogP contribution in [0.4, 0.5) is 0 Å². The van der Waals surface area contributed by atoms with Crippen molar-refractivity contribution in [3.63, 3.8) is 0 Å². The van der Waals surface area contributed by atoms with E-state index in [1.54, 1.807) is 31.2 Å². The fraction of sp³-hybridized carbons (Fsp3) is 0.417. The van der Waals surface area contributed by atoms with Crippen molar-refractivity contribution in [2.45, 2.75) is 32.9 Å². The number of benzene rings is 1. The number of ether oxygens (including phenoxy) is 1. The van der Waals surface area contributed by atoms with Crippen LogP contribution in [-0.4, -0.2) is 18.1 Å². The van der Waals surface area contributed by atoms with E-state index in [0.29, 0.717) is 10.8 Å². The second kappa shape index (κ2) is 5.75. The first-order chi connectivity index (χ1) is 7.49. The lowest BCUT2D eigenvalue weighted by Crippen LogP contribution is -2.40. The minimum Gasteiger partial charge on any atom is -0.481 e. The van der Waals surface area contributed by atoms with Crippen LogP contribution < -0.4 is 10.1 Å². The Labute approximate surface area is 101 Å². The Balaban J connectivity index is 2.57. The molecule has 1 atom stereocenters. The molecule has 88 valence electrons. The standard InChI is InChI=1S/C12H16ClNO2/c1-8(2)14-12(15)9(3)16-11-6-4-5-10(13)7-11/h4-9H,1-3H3,(H,14,15)/t9-/m0/s1. The Morgan fingerprint density at radius 1 is 1.38 bits per heavy atom. The first kappa shape index (κ1) is 12.8. The molecule has 1 N–H and O–H groups in total. The molecular weight excluding hydrogens is 226 g/mol. The van der Waals surface area contributed by atoms with E-state index < -0.39 is 6.10 Å². The van der Waals surface area contributed by atoms with E-state index in [4.69, 9.17) is 16.3 Å². The molecule has 0 aliphatic rings. The van der Waals surface area contributed by atoms with Gasteiger partial charge in [0.05, 0.1) is 0 Å². The average molecular weight is 242 g/mol. The lowest BCUT2D eigenvalue weighted by molar-refractivity contribution is -0.127. The van der Waals surface area contributed by atoms with Gasteiger partial charge in [-0.05, 0) is 39.0 Å². The molecule has 0 heterocycles. The Morgan fingerprint density at radius 3 is 2.62 bits per heavy atom. The molecule has 0 radical (unpaired) electrons. The highest BCUT2D eigenvalue weighted by Gasteiger charge is 2.15. The first-order valence-electron chi connectivity index (χ1n) is 5.21. The number of hydrogen-bond acceptors (Lipinski definition) is 2. The summed E-state index contributed by atoms with van der Waals surface area (Å²) in [6.45, 7) is 5.52. The Kier molecular flexibility index (Phi) is 4.62. The molecule has 0 fully saturated rings. The molecule has 1 amide bonds. The third kappa shape index (κ3) is 4.11. The number of nitrogens with one attached hydrogen (secondary N) is 1. The number of halogens is 1. The van der Waals surface area contributed by atoms with Gasteiger partial charge < -0.3 is 10.1 Å². The average Bonchev–Trinajstić information content (AvgIpc) is 2.16. The third-order valence-corrected chi connectivity index (χ3v) is 2.14. The largest absolute Gasteiger partial charge is 0.481 e. The van der Waals surface area contributed by atoms with Crippen molar-refractivity contribution >= 4 is 17.5 Å². The van der Waals surface area contributed by atoms with Gasteiger partial charge in [0.1, 0.15) is 5.75 Å². The molecule has 0 aliphatic carbocycles. The molecular formula is C12H16ClNO2. The Morgan fingerprint density at radius 2 is 2.06 bits per heavy atom. The molecule has 1 rings (SSSR count). The molecule has 3 nitrogen and oxygen atoms in total. The quantitative estimate of drug-likeness (QED) is 0.880. The normalized spacial score (nSPS) is 12.3. The predicted molar refractivity (Wildman–Crippen MR) is 64.8 cm³/mol. The summed E-state index contributed by atoms with van der Waals surface area (Å²) in [6.07, 6.45) is -0.527. The molecule has 0 unspecified atom stereocenters. The van der Waals surface area contributed by atoms with Crippen molar-refractivity contribution in [2.75, 3.05) is 0 Å². The fourth-order valence-electron chi connectivity index (χ4n) is 1.20. The van der Waals surface area contributed by atoms with Crippen molar-refractivity contribution in [1.29, 1.82) is 0 Å². The minimum atomic E-state index is -0.527. The molecule has 0 spiro atoms. The zero-order chi connectivity index (χ0) is 12.1.